The van der Waals surface area contributed by atoms with Crippen molar-refractivity contribution in [3.63, 3.8) is 0 Å². The Labute approximate surface area is 97.2 Å². The summed E-state index contributed by atoms with van der Waals surface area (Å²) in [5.74, 6) is -0.490. The van der Waals surface area contributed by atoms with Crippen LogP contribution in [0, 0.1) is 0 Å². The molecule has 0 bridgehead atoms. The number of piperidine rings is 1. The lowest BCUT2D eigenvalue weighted by atomic mass is 10.1. The molecule has 0 aromatic carbocycles. The normalized spacial score (nSPS) is 16.7. The van der Waals surface area contributed by atoms with Gasteiger partial charge in [0.1, 0.15) is 0 Å². The van der Waals surface area contributed by atoms with E-state index in [-0.39, 0.29) is 22.7 Å². The predicted molar refractivity (Wildman–Crippen MR) is 60.0 cm³/mol. The van der Waals surface area contributed by atoms with Crippen LogP contribution in [0.3, 0.4) is 0 Å². The van der Waals surface area contributed by atoms with Crippen LogP contribution in [0.1, 0.15) is 19.3 Å². The lowest BCUT2D eigenvalue weighted by Gasteiger charge is -2.25. The summed E-state index contributed by atoms with van der Waals surface area (Å²) in [7, 11) is 0. The average molecular weight is 240 g/mol. The van der Waals surface area contributed by atoms with E-state index in [0.717, 1.165) is 4.90 Å². The lowest BCUT2D eigenvalue weighted by molar-refractivity contribution is -0.129. The van der Waals surface area contributed by atoms with Gasteiger partial charge in [-0.2, -0.15) is 0 Å². The number of nitrogens with zero attached hydrogens (tertiary/aromatic N) is 2. The molecule has 1 aromatic heterocycles. The molecule has 2 amide bonds. The highest BCUT2D eigenvalue weighted by Gasteiger charge is 2.29. The van der Waals surface area contributed by atoms with E-state index in [1.807, 2.05) is 0 Å². The molecular weight excluding hydrogens is 230 g/mol. The molecule has 0 unspecified atom stereocenters. The van der Waals surface area contributed by atoms with Crippen LogP contribution in [0.5, 0.6) is 0 Å². The number of imide groups is 1. The fourth-order valence-corrected chi connectivity index (χ4v) is 1.81. The molecule has 1 aliphatic rings. The largest absolute Gasteiger partial charge is 0.395 e. The molecular formula is C10H10ClN3O2. The highest BCUT2D eigenvalue weighted by Crippen LogP contribution is 2.31. The second kappa shape index (κ2) is 4.09. The standard InChI is InChI=1S/C10H10ClN3O2/c11-10-9(12)6(4-5-13-10)14-7(15)2-1-3-8(14)16/h4-5H,1-3,12H2. The number of carbonyl (C=O) groups excluding carboxylic acids is 2. The van der Waals surface area contributed by atoms with Crippen LogP contribution < -0.4 is 10.6 Å². The van der Waals surface area contributed by atoms with Crippen molar-refractivity contribution in [1.82, 2.24) is 4.98 Å². The molecule has 5 nitrogen and oxygen atoms in total. The van der Waals surface area contributed by atoms with Crippen LogP contribution in [-0.2, 0) is 9.59 Å². The Balaban J connectivity index is 2.46. The topological polar surface area (TPSA) is 76.3 Å². The maximum atomic E-state index is 11.7. The van der Waals surface area contributed by atoms with Gasteiger partial charge in [-0.15, -0.1) is 0 Å². The molecule has 0 aliphatic carbocycles. The third kappa shape index (κ3) is 1.74. The van der Waals surface area contributed by atoms with Gasteiger partial charge in [0.25, 0.3) is 0 Å². The summed E-state index contributed by atoms with van der Waals surface area (Å²) >= 11 is 5.74. The minimum atomic E-state index is -0.245. The van der Waals surface area contributed by atoms with Crippen LogP contribution in [-0.4, -0.2) is 16.8 Å². The number of pyridine rings is 1. The smallest absolute Gasteiger partial charge is 0.233 e. The van der Waals surface area contributed by atoms with Gasteiger partial charge in [0.15, 0.2) is 5.15 Å². The van der Waals surface area contributed by atoms with Crippen molar-refractivity contribution in [3.05, 3.63) is 17.4 Å². The minimum Gasteiger partial charge on any atom is -0.395 e. The quantitative estimate of drug-likeness (QED) is 0.593. The Morgan fingerprint density at radius 2 is 1.94 bits per heavy atom. The van der Waals surface area contributed by atoms with Gasteiger partial charge in [0.05, 0.1) is 11.4 Å². The second-order valence-corrected chi connectivity index (χ2v) is 3.87. The summed E-state index contributed by atoms with van der Waals surface area (Å²) < 4.78 is 0. The summed E-state index contributed by atoms with van der Waals surface area (Å²) in [5, 5.41) is 0.101. The third-order valence-electron chi connectivity index (χ3n) is 2.44. The van der Waals surface area contributed by atoms with E-state index < -0.39 is 0 Å². The fourth-order valence-electron chi connectivity index (χ4n) is 1.66. The number of amides is 2. The van der Waals surface area contributed by atoms with Crippen LogP contribution in [0.25, 0.3) is 0 Å². The molecule has 1 saturated heterocycles. The number of halogens is 1. The third-order valence-corrected chi connectivity index (χ3v) is 2.74. The molecule has 16 heavy (non-hydrogen) atoms. The number of nitrogen functional groups attached to an aromatic ring is 1. The first kappa shape index (κ1) is 10.9. The summed E-state index contributed by atoms with van der Waals surface area (Å²) in [4.78, 5) is 28.2. The monoisotopic (exact) mass is 239 g/mol. The van der Waals surface area contributed by atoms with Crippen molar-refractivity contribution in [2.75, 3.05) is 10.6 Å². The molecule has 0 atom stereocenters. The molecule has 2 N–H and O–H groups in total. The van der Waals surface area contributed by atoms with Crippen molar-refractivity contribution in [2.45, 2.75) is 19.3 Å². The summed E-state index contributed by atoms with van der Waals surface area (Å²) in [5.41, 5.74) is 6.19. The first-order valence-corrected chi connectivity index (χ1v) is 5.25. The van der Waals surface area contributed by atoms with Gasteiger partial charge in [-0.05, 0) is 12.5 Å². The Bertz CT molecular complexity index is 445. The Morgan fingerprint density at radius 3 is 2.56 bits per heavy atom. The van der Waals surface area contributed by atoms with Gasteiger partial charge in [-0.1, -0.05) is 11.6 Å². The van der Waals surface area contributed by atoms with E-state index in [9.17, 15) is 9.59 Å². The molecule has 0 saturated carbocycles. The number of hydrogen-bond acceptors (Lipinski definition) is 4. The molecule has 1 aromatic rings. The highest BCUT2D eigenvalue weighted by atomic mass is 35.5. The van der Waals surface area contributed by atoms with E-state index >= 15 is 0 Å². The van der Waals surface area contributed by atoms with Gasteiger partial charge in [0, 0.05) is 19.0 Å². The molecule has 1 aliphatic heterocycles. The summed E-state index contributed by atoms with van der Waals surface area (Å²) in [6, 6.07) is 1.52. The fraction of sp³-hybridized carbons (Fsp3) is 0.300. The average Bonchev–Trinajstić information content (AvgIpc) is 2.24. The zero-order chi connectivity index (χ0) is 11.7. The molecule has 2 heterocycles. The van der Waals surface area contributed by atoms with E-state index in [0.29, 0.717) is 24.9 Å². The van der Waals surface area contributed by atoms with Gasteiger partial charge < -0.3 is 5.73 Å². The number of aromatic nitrogens is 1. The number of rotatable bonds is 1. The Morgan fingerprint density at radius 1 is 1.31 bits per heavy atom. The predicted octanol–water partition coefficient (Wildman–Crippen LogP) is 1.36. The summed E-state index contributed by atoms with van der Waals surface area (Å²) in [6.07, 6.45) is 2.71. The number of hydrogen-bond donors (Lipinski definition) is 1. The van der Waals surface area contributed by atoms with Gasteiger partial charge in [0.2, 0.25) is 11.8 Å². The first-order valence-electron chi connectivity index (χ1n) is 4.87. The van der Waals surface area contributed by atoms with Crippen LogP contribution in [0.15, 0.2) is 12.3 Å². The van der Waals surface area contributed by atoms with Crippen molar-refractivity contribution >= 4 is 34.8 Å². The maximum Gasteiger partial charge on any atom is 0.233 e. The Kier molecular flexibility index (Phi) is 2.78. The van der Waals surface area contributed by atoms with Gasteiger partial charge in [-0.25, -0.2) is 9.88 Å². The molecule has 1 fully saturated rings. The Hall–Kier alpha value is -1.62. The maximum absolute atomic E-state index is 11.7. The highest BCUT2D eigenvalue weighted by molar-refractivity contribution is 6.33. The second-order valence-electron chi connectivity index (χ2n) is 3.51. The van der Waals surface area contributed by atoms with Gasteiger partial charge >= 0.3 is 0 Å². The zero-order valence-corrected chi connectivity index (χ0v) is 9.20. The molecule has 2 rings (SSSR count). The van der Waals surface area contributed by atoms with E-state index in [4.69, 9.17) is 17.3 Å². The van der Waals surface area contributed by atoms with Crippen molar-refractivity contribution in [2.24, 2.45) is 0 Å². The first-order chi connectivity index (χ1) is 7.61. The van der Waals surface area contributed by atoms with E-state index in [2.05, 4.69) is 4.98 Å². The number of anilines is 2. The van der Waals surface area contributed by atoms with Crippen molar-refractivity contribution in [1.29, 1.82) is 0 Å². The lowest BCUT2D eigenvalue weighted by Crippen LogP contribution is -2.40. The molecule has 84 valence electrons. The summed E-state index contributed by atoms with van der Waals surface area (Å²) in [6.45, 7) is 0. The van der Waals surface area contributed by atoms with Crippen molar-refractivity contribution in [3.8, 4) is 0 Å². The number of nitrogens with two attached hydrogens (primary N) is 1. The van der Waals surface area contributed by atoms with Crippen LogP contribution in [0.4, 0.5) is 11.4 Å². The van der Waals surface area contributed by atoms with Gasteiger partial charge in [-0.3, -0.25) is 9.59 Å². The minimum absolute atomic E-state index is 0.101. The molecule has 0 spiro atoms. The molecule has 6 heteroatoms. The van der Waals surface area contributed by atoms with E-state index in [1.165, 1.54) is 12.3 Å². The molecule has 0 radical (unpaired) electrons. The van der Waals surface area contributed by atoms with E-state index in [1.54, 1.807) is 0 Å². The number of carbonyl (C=O) groups is 2. The zero-order valence-electron chi connectivity index (χ0n) is 8.44. The van der Waals surface area contributed by atoms with Crippen LogP contribution in [0.2, 0.25) is 5.15 Å². The van der Waals surface area contributed by atoms with Crippen molar-refractivity contribution < 1.29 is 9.59 Å². The van der Waals surface area contributed by atoms with Crippen LogP contribution >= 0.6 is 11.6 Å². The SMILES string of the molecule is Nc1c(N2C(=O)CCCC2=O)ccnc1Cl.